The summed E-state index contributed by atoms with van der Waals surface area (Å²) in [5, 5.41) is 5.62. The minimum absolute atomic E-state index is 0.0563. The van der Waals surface area contributed by atoms with Gasteiger partial charge in [0, 0.05) is 19.3 Å². The third kappa shape index (κ3) is 6.02. The number of carbonyl (C=O) groups is 3. The first-order valence-corrected chi connectivity index (χ1v) is 11.7. The Hall–Kier alpha value is -4.33. The molecule has 1 heterocycles. The van der Waals surface area contributed by atoms with Crippen LogP contribution in [0.2, 0.25) is 0 Å². The number of fused-ring (bicyclic) bond motifs is 1. The molecule has 0 atom stereocenters. The van der Waals surface area contributed by atoms with Crippen molar-refractivity contribution in [1.82, 2.24) is 4.90 Å². The maximum atomic E-state index is 12.9. The van der Waals surface area contributed by atoms with Crippen LogP contribution in [0, 0.1) is 6.92 Å². The molecule has 3 amide bonds. The molecule has 0 saturated heterocycles. The van der Waals surface area contributed by atoms with Gasteiger partial charge in [-0.3, -0.25) is 9.59 Å². The number of carbonyl (C=O) groups excluding carboxylic acids is 3. The molecule has 0 bridgehead atoms. The van der Waals surface area contributed by atoms with E-state index in [0.717, 1.165) is 27.9 Å². The van der Waals surface area contributed by atoms with E-state index in [2.05, 4.69) is 10.6 Å². The second kappa shape index (κ2) is 10.9. The Kier molecular flexibility index (Phi) is 7.53. The van der Waals surface area contributed by atoms with Crippen molar-refractivity contribution in [3.05, 3.63) is 82.9 Å². The number of ether oxygens (including phenoxy) is 2. The van der Waals surface area contributed by atoms with E-state index in [1.54, 1.807) is 36.2 Å². The number of esters is 1. The quantitative estimate of drug-likeness (QED) is 0.372. The number of rotatable bonds is 7. The summed E-state index contributed by atoms with van der Waals surface area (Å²) in [6.45, 7) is 2.36. The van der Waals surface area contributed by atoms with Crippen LogP contribution in [0.25, 0.3) is 0 Å². The molecule has 3 aromatic carbocycles. The van der Waals surface area contributed by atoms with Gasteiger partial charge in [0.15, 0.2) is 0 Å². The van der Waals surface area contributed by atoms with Crippen molar-refractivity contribution in [3.8, 4) is 11.5 Å². The number of urea groups is 1. The summed E-state index contributed by atoms with van der Waals surface area (Å²) >= 11 is 0. The van der Waals surface area contributed by atoms with Crippen LogP contribution in [0.15, 0.2) is 60.7 Å². The lowest BCUT2D eigenvalue weighted by Crippen LogP contribution is -2.28. The lowest BCUT2D eigenvalue weighted by atomic mass is 10.0. The number of aryl methyl sites for hydroxylation is 2. The fourth-order valence-corrected chi connectivity index (χ4v) is 4.05. The molecule has 0 radical (unpaired) electrons. The number of hydrogen-bond acceptors (Lipinski definition) is 5. The van der Waals surface area contributed by atoms with Crippen molar-refractivity contribution >= 4 is 29.3 Å². The molecular weight excluding hydrogens is 458 g/mol. The Bertz CT molecular complexity index is 1300. The first-order valence-electron chi connectivity index (χ1n) is 11.7. The van der Waals surface area contributed by atoms with Crippen LogP contribution in [0.1, 0.15) is 28.7 Å². The first kappa shape index (κ1) is 24.8. The average Bonchev–Trinajstić information content (AvgIpc) is 2.86. The SMILES string of the molecule is COc1cc(CC(=O)N(C)Cc2ccc3c(c2)CCC(=O)O3)ccc1NC(=O)Nc1ccccc1C. The lowest BCUT2D eigenvalue weighted by molar-refractivity contribution is -0.135. The number of para-hydroxylation sites is 1. The van der Waals surface area contributed by atoms with Crippen LogP contribution in [-0.4, -0.2) is 37.0 Å². The fourth-order valence-electron chi connectivity index (χ4n) is 4.05. The molecule has 0 unspecified atom stereocenters. The monoisotopic (exact) mass is 487 g/mol. The summed E-state index contributed by atoms with van der Waals surface area (Å²) in [5.74, 6) is 0.787. The van der Waals surface area contributed by atoms with Gasteiger partial charge in [-0.2, -0.15) is 0 Å². The van der Waals surface area contributed by atoms with Crippen LogP contribution in [0.3, 0.4) is 0 Å². The van der Waals surface area contributed by atoms with Gasteiger partial charge >= 0.3 is 12.0 Å². The maximum Gasteiger partial charge on any atom is 0.323 e. The highest BCUT2D eigenvalue weighted by Crippen LogP contribution is 2.28. The van der Waals surface area contributed by atoms with Gasteiger partial charge in [-0.1, -0.05) is 36.4 Å². The number of likely N-dealkylation sites (N-methyl/N-ethyl adjacent to an activating group) is 1. The summed E-state index contributed by atoms with van der Waals surface area (Å²) < 4.78 is 10.7. The van der Waals surface area contributed by atoms with Gasteiger partial charge in [0.1, 0.15) is 11.5 Å². The number of methoxy groups -OCH3 is 1. The van der Waals surface area contributed by atoms with Crippen molar-refractivity contribution < 1.29 is 23.9 Å². The van der Waals surface area contributed by atoms with E-state index in [1.165, 1.54) is 7.11 Å². The molecule has 2 N–H and O–H groups in total. The smallest absolute Gasteiger partial charge is 0.323 e. The highest BCUT2D eigenvalue weighted by molar-refractivity contribution is 6.01. The van der Waals surface area contributed by atoms with Crippen molar-refractivity contribution in [1.29, 1.82) is 0 Å². The Labute approximate surface area is 210 Å². The summed E-state index contributed by atoms with van der Waals surface area (Å²) in [4.78, 5) is 38.5. The predicted octanol–water partition coefficient (Wildman–Crippen LogP) is 4.70. The topological polar surface area (TPSA) is 97.0 Å². The molecule has 8 nitrogen and oxygen atoms in total. The van der Waals surface area contributed by atoms with Gasteiger partial charge in [0.25, 0.3) is 0 Å². The summed E-state index contributed by atoms with van der Waals surface area (Å²) in [6, 6.07) is 18.0. The van der Waals surface area contributed by atoms with Gasteiger partial charge in [-0.05, 0) is 59.9 Å². The second-order valence-electron chi connectivity index (χ2n) is 8.77. The minimum atomic E-state index is -0.383. The van der Waals surface area contributed by atoms with E-state index in [-0.39, 0.29) is 24.3 Å². The summed E-state index contributed by atoms with van der Waals surface area (Å²) in [6.07, 6.45) is 1.19. The average molecular weight is 488 g/mol. The molecule has 0 spiro atoms. The van der Waals surface area contributed by atoms with Gasteiger partial charge in [0.05, 0.1) is 25.6 Å². The number of nitrogens with zero attached hydrogens (tertiary/aromatic N) is 1. The number of hydrogen-bond donors (Lipinski definition) is 2. The molecule has 1 aliphatic rings. The van der Waals surface area contributed by atoms with Crippen molar-refractivity contribution in [2.24, 2.45) is 0 Å². The van der Waals surface area contributed by atoms with E-state index in [9.17, 15) is 14.4 Å². The highest BCUT2D eigenvalue weighted by atomic mass is 16.5. The Balaban J connectivity index is 1.37. The standard InChI is InChI=1S/C28H29N3O5/c1-18-6-4-5-7-22(18)29-28(34)30-23-11-8-19(15-25(23)35-3)16-26(32)31(2)17-20-9-12-24-21(14-20)10-13-27(33)36-24/h4-9,11-12,14-15H,10,13,16-17H2,1-3H3,(H2,29,30,34). The number of nitrogens with one attached hydrogen (secondary N) is 2. The van der Waals surface area contributed by atoms with E-state index in [0.29, 0.717) is 36.6 Å². The fraction of sp³-hybridized carbons (Fsp3) is 0.250. The lowest BCUT2D eigenvalue weighted by Gasteiger charge is -2.20. The molecule has 0 aromatic heterocycles. The largest absolute Gasteiger partial charge is 0.495 e. The van der Waals surface area contributed by atoms with Crippen molar-refractivity contribution in [2.75, 3.05) is 24.8 Å². The third-order valence-corrected chi connectivity index (χ3v) is 6.06. The summed E-state index contributed by atoms with van der Waals surface area (Å²) in [5.41, 5.74) is 4.90. The van der Waals surface area contributed by atoms with E-state index < -0.39 is 0 Å². The maximum absolute atomic E-state index is 12.9. The van der Waals surface area contributed by atoms with Crippen LogP contribution in [-0.2, 0) is 29.0 Å². The molecule has 0 fully saturated rings. The zero-order chi connectivity index (χ0) is 25.7. The molecular formula is C28H29N3O5. The summed E-state index contributed by atoms with van der Waals surface area (Å²) in [7, 11) is 3.27. The zero-order valence-electron chi connectivity index (χ0n) is 20.6. The molecule has 0 saturated carbocycles. The van der Waals surface area contributed by atoms with Crippen molar-refractivity contribution in [2.45, 2.75) is 32.7 Å². The molecule has 4 rings (SSSR count). The van der Waals surface area contributed by atoms with Crippen molar-refractivity contribution in [3.63, 3.8) is 0 Å². The zero-order valence-corrected chi connectivity index (χ0v) is 20.6. The third-order valence-electron chi connectivity index (χ3n) is 6.06. The first-order chi connectivity index (χ1) is 17.3. The Morgan fingerprint density at radius 3 is 2.50 bits per heavy atom. The van der Waals surface area contributed by atoms with E-state index in [4.69, 9.17) is 9.47 Å². The number of anilines is 2. The van der Waals surface area contributed by atoms with Crippen LogP contribution < -0.4 is 20.1 Å². The van der Waals surface area contributed by atoms with Gasteiger partial charge in [-0.15, -0.1) is 0 Å². The van der Waals surface area contributed by atoms with Gasteiger partial charge in [-0.25, -0.2) is 4.79 Å². The van der Waals surface area contributed by atoms with Gasteiger partial charge < -0.3 is 25.0 Å². The van der Waals surface area contributed by atoms with Crippen LogP contribution >= 0.6 is 0 Å². The Morgan fingerprint density at radius 1 is 0.972 bits per heavy atom. The molecule has 3 aromatic rings. The van der Waals surface area contributed by atoms with Crippen LogP contribution in [0.5, 0.6) is 11.5 Å². The molecule has 8 heteroatoms. The Morgan fingerprint density at radius 2 is 1.72 bits per heavy atom. The van der Waals surface area contributed by atoms with E-state index in [1.807, 2.05) is 43.3 Å². The normalized spacial score (nSPS) is 12.2. The molecule has 36 heavy (non-hydrogen) atoms. The molecule has 0 aliphatic carbocycles. The van der Waals surface area contributed by atoms with Crippen LogP contribution in [0.4, 0.5) is 16.2 Å². The predicted molar refractivity (Wildman–Crippen MR) is 137 cm³/mol. The second-order valence-corrected chi connectivity index (χ2v) is 8.77. The number of benzene rings is 3. The number of amides is 3. The molecule has 1 aliphatic heterocycles. The molecule has 186 valence electrons. The highest BCUT2D eigenvalue weighted by Gasteiger charge is 2.18. The minimum Gasteiger partial charge on any atom is -0.495 e. The van der Waals surface area contributed by atoms with E-state index >= 15 is 0 Å². The van der Waals surface area contributed by atoms with Gasteiger partial charge in [0.2, 0.25) is 5.91 Å².